The highest BCUT2D eigenvalue weighted by atomic mass is 79.9. The third-order valence-corrected chi connectivity index (χ3v) is 5.02. The van der Waals surface area contributed by atoms with Gasteiger partial charge in [-0.2, -0.15) is 0 Å². The second-order valence-electron chi connectivity index (χ2n) is 6.30. The highest BCUT2D eigenvalue weighted by molar-refractivity contribution is 9.10. The minimum Gasteiger partial charge on any atom is -0.493 e. The number of nitrogens with zero attached hydrogens (tertiary/aromatic N) is 1. The molecule has 0 fully saturated rings. The maximum atomic E-state index is 12.7. The van der Waals surface area contributed by atoms with Crippen molar-refractivity contribution in [1.82, 2.24) is 5.16 Å². The van der Waals surface area contributed by atoms with Crippen molar-refractivity contribution in [2.24, 2.45) is 0 Å². The highest BCUT2D eigenvalue weighted by Crippen LogP contribution is 2.33. The fourth-order valence-electron chi connectivity index (χ4n) is 3.04. The van der Waals surface area contributed by atoms with Gasteiger partial charge in [0.25, 0.3) is 5.91 Å². The molecule has 4 aromatic rings. The van der Waals surface area contributed by atoms with Crippen LogP contribution in [0.25, 0.3) is 22.2 Å². The van der Waals surface area contributed by atoms with Crippen LogP contribution in [0.5, 0.6) is 11.5 Å². The molecule has 2 aromatic heterocycles. The number of ether oxygens (including phenoxy) is 2. The molecule has 0 bridgehead atoms. The first-order valence-electron chi connectivity index (χ1n) is 8.69. The number of furan rings is 1. The van der Waals surface area contributed by atoms with Crippen molar-refractivity contribution in [3.05, 3.63) is 58.3 Å². The van der Waals surface area contributed by atoms with Gasteiger partial charge in [-0.15, -0.1) is 0 Å². The first-order valence-corrected chi connectivity index (χ1v) is 9.48. The van der Waals surface area contributed by atoms with Gasteiger partial charge in [-0.3, -0.25) is 10.1 Å². The van der Waals surface area contributed by atoms with E-state index in [0.29, 0.717) is 22.8 Å². The first-order chi connectivity index (χ1) is 14.0. The van der Waals surface area contributed by atoms with Gasteiger partial charge < -0.3 is 18.4 Å². The number of nitrogens with one attached hydrogen (secondary N) is 1. The average Bonchev–Trinajstić information content (AvgIpc) is 3.32. The summed E-state index contributed by atoms with van der Waals surface area (Å²) in [4.78, 5) is 12.7. The van der Waals surface area contributed by atoms with Crippen LogP contribution in [-0.4, -0.2) is 25.3 Å². The summed E-state index contributed by atoms with van der Waals surface area (Å²) in [6, 6.07) is 12.6. The highest BCUT2D eigenvalue weighted by Gasteiger charge is 2.20. The molecule has 2 aromatic carbocycles. The molecule has 2 heterocycles. The number of hydrogen-bond donors (Lipinski definition) is 1. The topological polar surface area (TPSA) is 86.7 Å². The molecule has 8 heteroatoms. The van der Waals surface area contributed by atoms with E-state index in [9.17, 15) is 4.79 Å². The van der Waals surface area contributed by atoms with Gasteiger partial charge >= 0.3 is 0 Å². The first kappa shape index (κ1) is 19.1. The number of rotatable bonds is 5. The summed E-state index contributed by atoms with van der Waals surface area (Å²) in [5, 5.41) is 7.57. The third kappa shape index (κ3) is 3.58. The summed E-state index contributed by atoms with van der Waals surface area (Å²) in [5.74, 6) is 1.20. The van der Waals surface area contributed by atoms with Gasteiger partial charge in [0, 0.05) is 27.1 Å². The lowest BCUT2D eigenvalue weighted by Crippen LogP contribution is -2.11. The van der Waals surface area contributed by atoms with E-state index in [0.717, 1.165) is 21.0 Å². The molecule has 0 saturated heterocycles. The molecule has 148 valence electrons. The summed E-state index contributed by atoms with van der Waals surface area (Å²) in [6.45, 7) is 1.84. The van der Waals surface area contributed by atoms with Crippen molar-refractivity contribution in [3.63, 3.8) is 0 Å². The Morgan fingerprint density at radius 2 is 1.86 bits per heavy atom. The third-order valence-electron chi connectivity index (χ3n) is 4.53. The summed E-state index contributed by atoms with van der Waals surface area (Å²) in [7, 11) is 3.13. The quantitative estimate of drug-likeness (QED) is 0.430. The Hall–Kier alpha value is -3.26. The van der Waals surface area contributed by atoms with E-state index in [1.807, 2.05) is 31.2 Å². The molecular weight excluding hydrogens is 440 g/mol. The Bertz CT molecular complexity index is 1210. The summed E-state index contributed by atoms with van der Waals surface area (Å²) in [6.07, 6.45) is 0. The van der Waals surface area contributed by atoms with Crippen LogP contribution in [0, 0.1) is 6.92 Å². The van der Waals surface area contributed by atoms with Crippen LogP contribution in [0.15, 0.2) is 55.9 Å². The summed E-state index contributed by atoms with van der Waals surface area (Å²) in [5.41, 5.74) is 2.70. The number of aryl methyl sites for hydroxylation is 1. The van der Waals surface area contributed by atoms with Crippen LogP contribution in [0.2, 0.25) is 0 Å². The van der Waals surface area contributed by atoms with E-state index in [1.54, 1.807) is 32.4 Å². The van der Waals surface area contributed by atoms with E-state index >= 15 is 0 Å². The Labute approximate surface area is 174 Å². The molecule has 0 spiro atoms. The van der Waals surface area contributed by atoms with Crippen LogP contribution in [0.3, 0.4) is 0 Å². The molecule has 7 nitrogen and oxygen atoms in total. The number of carbonyl (C=O) groups excluding carboxylic acids is 1. The molecule has 0 unspecified atom stereocenters. The zero-order valence-corrected chi connectivity index (χ0v) is 17.5. The Morgan fingerprint density at radius 1 is 1.07 bits per heavy atom. The smallest absolute Gasteiger partial charge is 0.294 e. The number of fused-ring (bicyclic) bond motifs is 1. The van der Waals surface area contributed by atoms with E-state index in [4.69, 9.17) is 18.4 Å². The number of benzene rings is 2. The molecular formula is C21H17BrN2O5. The predicted octanol–water partition coefficient (Wildman–Crippen LogP) is 5.43. The largest absolute Gasteiger partial charge is 0.493 e. The number of amides is 1. The van der Waals surface area contributed by atoms with E-state index in [1.165, 1.54) is 0 Å². The van der Waals surface area contributed by atoms with Gasteiger partial charge in [-0.1, -0.05) is 21.1 Å². The fourth-order valence-corrected chi connectivity index (χ4v) is 3.41. The number of methoxy groups -OCH3 is 2. The second kappa shape index (κ2) is 7.63. The average molecular weight is 457 g/mol. The number of anilines is 1. The summed E-state index contributed by atoms with van der Waals surface area (Å²) < 4.78 is 22.4. The van der Waals surface area contributed by atoms with E-state index < -0.39 is 5.91 Å². The van der Waals surface area contributed by atoms with Gasteiger partial charge in [0.15, 0.2) is 17.3 Å². The molecule has 0 atom stereocenters. The Morgan fingerprint density at radius 3 is 2.62 bits per heavy atom. The molecule has 0 aliphatic rings. The molecule has 1 N–H and O–H groups in total. The molecule has 0 aliphatic heterocycles. The van der Waals surface area contributed by atoms with Crippen LogP contribution < -0.4 is 14.8 Å². The number of halogens is 1. The zero-order valence-electron chi connectivity index (χ0n) is 15.9. The lowest BCUT2D eigenvalue weighted by molar-refractivity contribution is 0.0994. The standard InChI is InChI=1S/C21H17BrN2O5/c1-11-14-9-13(22)5-7-16(14)28-20(11)21(25)23-19-10-15(24-29-19)12-4-6-17(26-2)18(8-12)27-3/h4-10H,1-3H3,(H,23,25). The second-order valence-corrected chi connectivity index (χ2v) is 7.21. The van der Waals surface area contributed by atoms with Crippen molar-refractivity contribution >= 4 is 38.7 Å². The van der Waals surface area contributed by atoms with Gasteiger partial charge in [0.2, 0.25) is 5.88 Å². The van der Waals surface area contributed by atoms with Crippen molar-refractivity contribution < 1.29 is 23.2 Å². The van der Waals surface area contributed by atoms with Crippen LogP contribution in [-0.2, 0) is 0 Å². The monoisotopic (exact) mass is 456 g/mol. The predicted molar refractivity (Wildman–Crippen MR) is 112 cm³/mol. The van der Waals surface area contributed by atoms with Gasteiger partial charge in [0.1, 0.15) is 11.3 Å². The molecule has 0 radical (unpaired) electrons. The fraction of sp³-hybridized carbons (Fsp3) is 0.143. The van der Waals surface area contributed by atoms with Crippen LogP contribution in [0.4, 0.5) is 5.88 Å². The lowest BCUT2D eigenvalue weighted by atomic mass is 10.1. The van der Waals surface area contributed by atoms with Crippen molar-refractivity contribution in [3.8, 4) is 22.8 Å². The summed E-state index contributed by atoms with van der Waals surface area (Å²) >= 11 is 3.43. The van der Waals surface area contributed by atoms with Gasteiger partial charge in [-0.25, -0.2) is 0 Å². The van der Waals surface area contributed by atoms with Crippen molar-refractivity contribution in [1.29, 1.82) is 0 Å². The van der Waals surface area contributed by atoms with Crippen LogP contribution >= 0.6 is 15.9 Å². The van der Waals surface area contributed by atoms with E-state index in [-0.39, 0.29) is 11.6 Å². The van der Waals surface area contributed by atoms with Gasteiger partial charge in [0.05, 0.1) is 14.2 Å². The number of aromatic nitrogens is 1. The van der Waals surface area contributed by atoms with Gasteiger partial charge in [-0.05, 0) is 43.3 Å². The van der Waals surface area contributed by atoms with Crippen molar-refractivity contribution in [2.75, 3.05) is 19.5 Å². The number of carbonyl (C=O) groups is 1. The molecule has 1 amide bonds. The zero-order chi connectivity index (χ0) is 20.5. The Balaban J connectivity index is 1.58. The molecule has 0 saturated carbocycles. The van der Waals surface area contributed by atoms with E-state index in [2.05, 4.69) is 26.4 Å². The normalized spacial score (nSPS) is 10.9. The molecule has 4 rings (SSSR count). The van der Waals surface area contributed by atoms with Crippen LogP contribution in [0.1, 0.15) is 16.1 Å². The van der Waals surface area contributed by atoms with Crippen molar-refractivity contribution in [2.45, 2.75) is 6.92 Å². The lowest BCUT2D eigenvalue weighted by Gasteiger charge is -2.07. The Kier molecular flexibility index (Phi) is 5.02. The minimum atomic E-state index is -0.412. The maximum absolute atomic E-state index is 12.7. The SMILES string of the molecule is COc1ccc(-c2cc(NC(=O)c3oc4ccc(Br)cc4c3C)on2)cc1OC. The molecule has 0 aliphatic carbocycles. The maximum Gasteiger partial charge on any atom is 0.294 e. The molecule has 29 heavy (non-hydrogen) atoms. The minimum absolute atomic E-state index is 0.209. The number of hydrogen-bond acceptors (Lipinski definition) is 6.